The molecule has 0 atom stereocenters. The molecule has 0 saturated heterocycles. The van der Waals surface area contributed by atoms with Gasteiger partial charge in [-0.05, 0) is 67.9 Å². The summed E-state index contributed by atoms with van der Waals surface area (Å²) in [6.07, 6.45) is 4.76. The molecule has 1 saturated carbocycles. The normalized spacial score (nSPS) is 13.1. The van der Waals surface area contributed by atoms with Gasteiger partial charge in [0.15, 0.2) is 5.69 Å². The van der Waals surface area contributed by atoms with Gasteiger partial charge in [0.1, 0.15) is 10.7 Å². The molecule has 43 heavy (non-hydrogen) atoms. The highest BCUT2D eigenvalue weighted by molar-refractivity contribution is 7.89. The molecule has 13 heteroatoms. The van der Waals surface area contributed by atoms with Crippen molar-refractivity contribution >= 4 is 38.7 Å². The predicted octanol–water partition coefficient (Wildman–Crippen LogP) is 5.19. The first kappa shape index (κ1) is 28.9. The van der Waals surface area contributed by atoms with Gasteiger partial charge in [-0.1, -0.05) is 24.1 Å². The third kappa shape index (κ3) is 6.42. The van der Waals surface area contributed by atoms with E-state index in [0.29, 0.717) is 28.7 Å². The van der Waals surface area contributed by atoms with Crippen molar-refractivity contribution in [2.45, 2.75) is 37.5 Å². The minimum absolute atomic E-state index is 0.0767. The van der Waals surface area contributed by atoms with E-state index in [4.69, 9.17) is 10.2 Å². The monoisotopic (exact) mass is 633 g/mol. The molecule has 3 aromatic heterocycles. The summed E-state index contributed by atoms with van der Waals surface area (Å²) in [7, 11) is -4.22. The third-order valence-corrected chi connectivity index (χ3v) is 9.52. The van der Waals surface area contributed by atoms with E-state index in [9.17, 15) is 22.7 Å². The molecule has 1 aliphatic carbocycles. The highest BCUT2D eigenvalue weighted by atomic mass is 32.2. The molecule has 0 bridgehead atoms. The number of benzene rings is 2. The third-order valence-electron chi connectivity index (χ3n) is 6.93. The number of halogens is 1. The van der Waals surface area contributed by atoms with E-state index >= 15 is 0 Å². The van der Waals surface area contributed by atoms with Gasteiger partial charge in [-0.15, -0.1) is 22.7 Å². The number of primary sulfonamides is 1. The molecule has 2 aromatic carbocycles. The number of aromatic carboxylic acids is 1. The van der Waals surface area contributed by atoms with Crippen LogP contribution in [0.5, 0.6) is 0 Å². The first-order chi connectivity index (χ1) is 20.5. The molecule has 5 aromatic rings. The van der Waals surface area contributed by atoms with Crippen LogP contribution in [-0.4, -0.2) is 39.2 Å². The molecular weight excluding hydrogens is 610 g/mol. The Bertz CT molecular complexity index is 2050. The van der Waals surface area contributed by atoms with Gasteiger partial charge < -0.3 is 5.11 Å². The Morgan fingerprint density at radius 2 is 2.02 bits per heavy atom. The van der Waals surface area contributed by atoms with Crippen LogP contribution in [-0.2, 0) is 22.9 Å². The largest absolute Gasteiger partial charge is 0.476 e. The van der Waals surface area contributed by atoms with E-state index in [0.717, 1.165) is 45.1 Å². The Hall–Kier alpha value is -4.22. The number of aromatic nitrogens is 4. The van der Waals surface area contributed by atoms with Crippen LogP contribution in [0.15, 0.2) is 58.9 Å². The summed E-state index contributed by atoms with van der Waals surface area (Å²) in [6.45, 7) is 1.92. The fraction of sp³-hybridized carbons (Fsp3) is 0.200. The van der Waals surface area contributed by atoms with Gasteiger partial charge in [0.25, 0.3) is 0 Å². The lowest BCUT2D eigenvalue weighted by Crippen LogP contribution is -2.14. The summed E-state index contributed by atoms with van der Waals surface area (Å²) in [5, 5.41) is 22.4. The van der Waals surface area contributed by atoms with Crippen molar-refractivity contribution in [2.75, 3.05) is 0 Å². The van der Waals surface area contributed by atoms with Gasteiger partial charge in [0.2, 0.25) is 15.2 Å². The van der Waals surface area contributed by atoms with Crippen LogP contribution in [0, 0.1) is 30.5 Å². The minimum atomic E-state index is -4.22. The maximum absolute atomic E-state index is 14.9. The van der Waals surface area contributed by atoms with E-state index in [2.05, 4.69) is 21.8 Å². The van der Waals surface area contributed by atoms with Gasteiger partial charge in [-0.25, -0.2) is 37.4 Å². The SMILES string of the molecule is Cc1ncc(C#Cc2cccc(-c3nn(-c4nc(C(=O)O)cs4)c(CC4CC4)c3Cc3ccc(S(N)(=O)=O)c(F)c3)c2)s1. The Balaban J connectivity index is 1.49. The van der Waals surface area contributed by atoms with E-state index in [1.54, 1.807) is 10.9 Å². The zero-order valence-electron chi connectivity index (χ0n) is 22.7. The molecule has 0 amide bonds. The summed E-state index contributed by atoms with van der Waals surface area (Å²) in [5.74, 6) is 4.70. The van der Waals surface area contributed by atoms with Gasteiger partial charge in [0.05, 0.1) is 27.5 Å². The van der Waals surface area contributed by atoms with E-state index in [1.165, 1.54) is 46.3 Å². The molecular formula is C30H24FN5O4S3. The van der Waals surface area contributed by atoms with Crippen molar-refractivity contribution in [3.05, 3.63) is 97.8 Å². The van der Waals surface area contributed by atoms with Crippen LogP contribution in [0.25, 0.3) is 16.4 Å². The number of nitrogens with two attached hydrogens (primary N) is 1. The molecule has 6 rings (SSSR count). The lowest BCUT2D eigenvalue weighted by molar-refractivity contribution is 0.0691. The van der Waals surface area contributed by atoms with E-state index < -0.39 is 26.7 Å². The Kier molecular flexibility index (Phi) is 7.70. The first-order valence-corrected chi connectivity index (χ1v) is 16.5. The summed E-state index contributed by atoms with van der Waals surface area (Å²) >= 11 is 2.68. The Morgan fingerprint density at radius 3 is 2.67 bits per heavy atom. The van der Waals surface area contributed by atoms with Crippen molar-refractivity contribution < 1.29 is 22.7 Å². The lowest BCUT2D eigenvalue weighted by atomic mass is 9.96. The average molecular weight is 634 g/mol. The number of carboxylic acid groups (broad SMARTS) is 1. The number of thiazole rings is 2. The quantitative estimate of drug-likeness (QED) is 0.224. The number of aryl methyl sites for hydroxylation is 1. The second-order valence-electron chi connectivity index (χ2n) is 10.2. The average Bonchev–Trinajstić information content (AvgIpc) is 3.30. The number of hydrogen-bond acceptors (Lipinski definition) is 8. The summed E-state index contributed by atoms with van der Waals surface area (Å²) < 4.78 is 40.1. The molecule has 1 aliphatic rings. The molecule has 218 valence electrons. The molecule has 0 spiro atoms. The van der Waals surface area contributed by atoms with Crippen LogP contribution < -0.4 is 5.14 Å². The van der Waals surface area contributed by atoms with Crippen LogP contribution in [0.1, 0.15) is 55.6 Å². The highest BCUT2D eigenvalue weighted by Gasteiger charge is 2.29. The van der Waals surface area contributed by atoms with E-state index in [-0.39, 0.29) is 12.1 Å². The minimum Gasteiger partial charge on any atom is -0.476 e. The highest BCUT2D eigenvalue weighted by Crippen LogP contribution is 2.38. The van der Waals surface area contributed by atoms with Crippen molar-refractivity contribution in [3.8, 4) is 28.2 Å². The van der Waals surface area contributed by atoms with Crippen molar-refractivity contribution in [1.29, 1.82) is 0 Å². The first-order valence-electron chi connectivity index (χ1n) is 13.2. The van der Waals surface area contributed by atoms with E-state index in [1.807, 2.05) is 31.2 Å². The van der Waals surface area contributed by atoms with Crippen molar-refractivity contribution in [3.63, 3.8) is 0 Å². The second-order valence-corrected chi connectivity index (χ2v) is 13.8. The Morgan fingerprint density at radius 1 is 1.21 bits per heavy atom. The van der Waals surface area contributed by atoms with Gasteiger partial charge in [0, 0.05) is 28.5 Å². The summed E-state index contributed by atoms with van der Waals surface area (Å²) in [6, 6.07) is 11.5. The number of rotatable bonds is 8. The van der Waals surface area contributed by atoms with Crippen molar-refractivity contribution in [1.82, 2.24) is 19.7 Å². The number of sulfonamides is 1. The zero-order valence-corrected chi connectivity index (χ0v) is 25.2. The maximum Gasteiger partial charge on any atom is 0.355 e. The van der Waals surface area contributed by atoms with Gasteiger partial charge in [-0.2, -0.15) is 5.10 Å². The van der Waals surface area contributed by atoms with Crippen LogP contribution in [0.3, 0.4) is 0 Å². The topological polar surface area (TPSA) is 141 Å². The zero-order chi connectivity index (χ0) is 30.3. The summed E-state index contributed by atoms with van der Waals surface area (Å²) in [5.41, 5.74) is 4.27. The second kappa shape index (κ2) is 11.5. The fourth-order valence-electron chi connectivity index (χ4n) is 4.71. The maximum atomic E-state index is 14.9. The molecule has 3 heterocycles. The lowest BCUT2D eigenvalue weighted by Gasteiger charge is -2.10. The molecule has 9 nitrogen and oxygen atoms in total. The molecule has 1 fully saturated rings. The van der Waals surface area contributed by atoms with Crippen LogP contribution in [0.2, 0.25) is 0 Å². The smallest absolute Gasteiger partial charge is 0.355 e. The number of carbonyl (C=O) groups is 1. The number of carboxylic acids is 1. The van der Waals surface area contributed by atoms with Crippen LogP contribution >= 0.6 is 22.7 Å². The predicted molar refractivity (Wildman–Crippen MR) is 161 cm³/mol. The Labute approximate surface area is 254 Å². The summed E-state index contributed by atoms with van der Waals surface area (Å²) in [4.78, 5) is 20.4. The molecule has 0 unspecified atom stereocenters. The van der Waals surface area contributed by atoms with Gasteiger partial charge in [-0.3, -0.25) is 0 Å². The standard InChI is InChI=1S/C30H24FN5O4S3/c1-17-33-15-22(42-17)9-7-18-3-2-4-21(11-18)28-23(12-20-8-10-27(24(31)13-20)43(32,39)40)26(14-19-5-6-19)36(35-28)30-34-25(16-41-30)29(37)38/h2-4,8,10-11,13,15-16,19H,5-6,12,14H2,1H3,(H,37,38)(H2,32,39,40). The number of hydrogen-bond donors (Lipinski definition) is 2. The van der Waals surface area contributed by atoms with Crippen molar-refractivity contribution in [2.24, 2.45) is 11.1 Å². The van der Waals surface area contributed by atoms with Gasteiger partial charge >= 0.3 is 5.97 Å². The molecule has 3 N–H and O–H groups in total. The molecule has 0 radical (unpaired) electrons. The molecule has 0 aliphatic heterocycles. The fourth-order valence-corrected chi connectivity index (χ4v) is 6.70. The van der Waals surface area contributed by atoms with Crippen LogP contribution in [0.4, 0.5) is 4.39 Å². The number of nitrogens with zero attached hydrogens (tertiary/aromatic N) is 4.